The van der Waals surface area contributed by atoms with Crippen molar-refractivity contribution in [2.45, 2.75) is 33.6 Å². The van der Waals surface area contributed by atoms with Crippen LogP contribution in [0.4, 0.5) is 0 Å². The van der Waals surface area contributed by atoms with E-state index in [1.54, 1.807) is 13.0 Å². The number of nitrogens with one attached hydrogen (secondary N) is 1. The van der Waals surface area contributed by atoms with E-state index in [9.17, 15) is 9.59 Å². The summed E-state index contributed by atoms with van der Waals surface area (Å²) in [4.78, 5) is 20.7. The minimum absolute atomic E-state index is 0.0384. The zero-order valence-corrected chi connectivity index (χ0v) is 8.72. The molecule has 3 heteroatoms. The Bertz CT molecular complexity index is 148. The monoisotopic (exact) mass is 185 g/mol. The molecule has 1 amide bonds. The molecule has 0 aromatic heterocycles. The first-order valence-corrected chi connectivity index (χ1v) is 4.35. The predicted molar refractivity (Wildman–Crippen MR) is 54.5 cm³/mol. The van der Waals surface area contributed by atoms with Gasteiger partial charge in [0.05, 0.1) is 0 Å². The van der Waals surface area contributed by atoms with Crippen molar-refractivity contribution < 1.29 is 9.59 Å². The number of Topliss-reactive ketones (excluding diaryl/α,β-unsaturated/α-hetero) is 1. The Morgan fingerprint density at radius 1 is 1.38 bits per heavy atom. The second-order valence-electron chi connectivity index (χ2n) is 2.70. The van der Waals surface area contributed by atoms with Gasteiger partial charge >= 0.3 is 0 Å². The zero-order chi connectivity index (χ0) is 10.7. The van der Waals surface area contributed by atoms with Gasteiger partial charge in [0, 0.05) is 19.9 Å². The third-order valence-corrected chi connectivity index (χ3v) is 1.08. The Morgan fingerprint density at radius 2 is 1.85 bits per heavy atom. The first-order chi connectivity index (χ1) is 6.04. The third kappa shape index (κ3) is 24.8. The molecule has 76 valence electrons. The van der Waals surface area contributed by atoms with Gasteiger partial charge in [0.2, 0.25) is 5.91 Å². The van der Waals surface area contributed by atoms with Crippen molar-refractivity contribution in [3.8, 4) is 0 Å². The molecule has 0 fully saturated rings. The Morgan fingerprint density at radius 3 is 2.15 bits per heavy atom. The van der Waals surface area contributed by atoms with E-state index in [0.717, 1.165) is 6.42 Å². The molecule has 0 spiro atoms. The molecule has 1 N–H and O–H groups in total. The molecular weight excluding hydrogens is 166 g/mol. The molecule has 0 aliphatic rings. The van der Waals surface area contributed by atoms with E-state index in [0.29, 0.717) is 13.0 Å². The maximum absolute atomic E-state index is 10.4. The van der Waals surface area contributed by atoms with E-state index in [2.05, 4.69) is 11.9 Å². The van der Waals surface area contributed by atoms with Crippen molar-refractivity contribution >= 4 is 11.7 Å². The van der Waals surface area contributed by atoms with Crippen LogP contribution in [0, 0.1) is 0 Å². The number of hydrogen-bond donors (Lipinski definition) is 1. The molecule has 0 heterocycles. The lowest BCUT2D eigenvalue weighted by atomic mass is 10.2. The molecule has 0 rings (SSSR count). The Hall–Kier alpha value is -1.12. The molecule has 0 radical (unpaired) electrons. The molecular formula is C10H19NO2. The number of amides is 1. The molecule has 0 unspecified atom stereocenters. The highest BCUT2D eigenvalue weighted by molar-refractivity contribution is 5.75. The van der Waals surface area contributed by atoms with Gasteiger partial charge in [-0.25, -0.2) is 0 Å². The van der Waals surface area contributed by atoms with Crippen LogP contribution in [0.1, 0.15) is 33.6 Å². The Balaban J connectivity index is 0. The van der Waals surface area contributed by atoms with E-state index in [1.165, 1.54) is 6.92 Å². The third-order valence-electron chi connectivity index (χ3n) is 1.08. The van der Waals surface area contributed by atoms with Crippen LogP contribution in [-0.2, 0) is 9.59 Å². The summed E-state index contributed by atoms with van der Waals surface area (Å²) in [5, 5.41) is 2.61. The van der Waals surface area contributed by atoms with Crippen LogP contribution in [0.5, 0.6) is 0 Å². The summed E-state index contributed by atoms with van der Waals surface area (Å²) >= 11 is 0. The molecule has 0 saturated carbocycles. The van der Waals surface area contributed by atoms with Crippen molar-refractivity contribution in [3.63, 3.8) is 0 Å². The Kier molecular flexibility index (Phi) is 12.1. The van der Waals surface area contributed by atoms with Crippen LogP contribution in [0.25, 0.3) is 0 Å². The fourth-order valence-corrected chi connectivity index (χ4v) is 0.602. The number of carbonyl (C=O) groups is 2. The smallest absolute Gasteiger partial charge is 0.216 e. The van der Waals surface area contributed by atoms with Crippen LogP contribution >= 0.6 is 0 Å². The average molecular weight is 185 g/mol. The predicted octanol–water partition coefficient (Wildman–Crippen LogP) is 1.68. The van der Waals surface area contributed by atoms with Crippen molar-refractivity contribution in [1.29, 1.82) is 0 Å². The maximum atomic E-state index is 10.4. The largest absolute Gasteiger partial charge is 0.356 e. The molecule has 0 aliphatic carbocycles. The minimum Gasteiger partial charge on any atom is -0.356 e. The van der Waals surface area contributed by atoms with Gasteiger partial charge in [-0.15, -0.1) is 6.58 Å². The van der Waals surface area contributed by atoms with Crippen molar-refractivity contribution in [1.82, 2.24) is 5.32 Å². The summed E-state index contributed by atoms with van der Waals surface area (Å²) in [5.41, 5.74) is 0. The highest BCUT2D eigenvalue weighted by atomic mass is 16.1. The van der Waals surface area contributed by atoms with Crippen LogP contribution in [0.15, 0.2) is 12.7 Å². The zero-order valence-electron chi connectivity index (χ0n) is 8.72. The summed E-state index contributed by atoms with van der Waals surface area (Å²) in [7, 11) is 0. The van der Waals surface area contributed by atoms with Gasteiger partial charge in [-0.1, -0.05) is 6.08 Å². The molecule has 0 atom stereocenters. The topological polar surface area (TPSA) is 46.2 Å². The molecule has 0 aromatic carbocycles. The second kappa shape index (κ2) is 10.9. The molecule has 13 heavy (non-hydrogen) atoms. The number of carbonyl (C=O) groups excluding carboxylic acids is 2. The lowest BCUT2D eigenvalue weighted by Crippen LogP contribution is -2.21. The lowest BCUT2D eigenvalue weighted by Gasteiger charge is -1.98. The quantitative estimate of drug-likeness (QED) is 0.535. The van der Waals surface area contributed by atoms with Crippen LogP contribution in [-0.4, -0.2) is 18.2 Å². The van der Waals surface area contributed by atoms with Crippen LogP contribution < -0.4 is 5.32 Å². The first-order valence-electron chi connectivity index (χ1n) is 4.35. The molecule has 0 aromatic rings. The van der Waals surface area contributed by atoms with Gasteiger partial charge < -0.3 is 10.1 Å². The fraction of sp³-hybridized carbons (Fsp3) is 0.600. The van der Waals surface area contributed by atoms with Gasteiger partial charge in [-0.3, -0.25) is 4.79 Å². The van der Waals surface area contributed by atoms with Gasteiger partial charge in [0.1, 0.15) is 5.78 Å². The standard InChI is InChI=1S/C7H13NO2.C3H6/c1-6(9)4-3-5-8-7(2)10;1-3-2/h3-5H2,1-2H3,(H,8,10);3H,1H2,2H3. The molecule has 0 saturated heterocycles. The summed E-state index contributed by atoms with van der Waals surface area (Å²) in [6, 6.07) is 0. The van der Waals surface area contributed by atoms with Crippen molar-refractivity contribution in [2.75, 3.05) is 6.54 Å². The normalized spacial score (nSPS) is 7.92. The Labute approximate surface area is 80.2 Å². The van der Waals surface area contributed by atoms with Gasteiger partial charge in [-0.2, -0.15) is 0 Å². The number of ketones is 1. The number of allylic oxidation sites excluding steroid dienone is 1. The van der Waals surface area contributed by atoms with Gasteiger partial charge in [0.15, 0.2) is 0 Å². The van der Waals surface area contributed by atoms with E-state index in [1.807, 2.05) is 6.92 Å². The molecule has 0 aliphatic heterocycles. The lowest BCUT2D eigenvalue weighted by molar-refractivity contribution is -0.120. The summed E-state index contributed by atoms with van der Waals surface area (Å²) in [6.45, 7) is 8.87. The molecule has 0 bridgehead atoms. The van der Waals surface area contributed by atoms with E-state index in [-0.39, 0.29) is 11.7 Å². The molecule has 3 nitrogen and oxygen atoms in total. The van der Waals surface area contributed by atoms with Crippen LogP contribution in [0.3, 0.4) is 0 Å². The second-order valence-corrected chi connectivity index (χ2v) is 2.70. The average Bonchev–Trinajstić information content (AvgIpc) is 1.99. The number of rotatable bonds is 4. The van der Waals surface area contributed by atoms with Crippen molar-refractivity contribution in [2.24, 2.45) is 0 Å². The van der Waals surface area contributed by atoms with E-state index in [4.69, 9.17) is 0 Å². The SMILES string of the molecule is C=CC.CC(=O)CCCNC(C)=O. The highest BCUT2D eigenvalue weighted by Gasteiger charge is 1.93. The van der Waals surface area contributed by atoms with Gasteiger partial charge in [-0.05, 0) is 20.3 Å². The maximum Gasteiger partial charge on any atom is 0.216 e. The minimum atomic E-state index is -0.0384. The van der Waals surface area contributed by atoms with Gasteiger partial charge in [0.25, 0.3) is 0 Å². The number of hydrogen-bond acceptors (Lipinski definition) is 2. The first kappa shape index (κ1) is 14.4. The van der Waals surface area contributed by atoms with E-state index < -0.39 is 0 Å². The summed E-state index contributed by atoms with van der Waals surface area (Å²) in [5.74, 6) is 0.133. The fourth-order valence-electron chi connectivity index (χ4n) is 0.602. The summed E-state index contributed by atoms with van der Waals surface area (Å²) in [6.07, 6.45) is 3.05. The summed E-state index contributed by atoms with van der Waals surface area (Å²) < 4.78 is 0. The van der Waals surface area contributed by atoms with Crippen LogP contribution in [0.2, 0.25) is 0 Å². The highest BCUT2D eigenvalue weighted by Crippen LogP contribution is 1.86. The van der Waals surface area contributed by atoms with E-state index >= 15 is 0 Å². The van der Waals surface area contributed by atoms with Crippen molar-refractivity contribution in [3.05, 3.63) is 12.7 Å².